The summed E-state index contributed by atoms with van der Waals surface area (Å²) in [6, 6.07) is 11.3. The van der Waals surface area contributed by atoms with Crippen molar-refractivity contribution in [3.8, 4) is 0 Å². The van der Waals surface area contributed by atoms with Gasteiger partial charge in [0.05, 0.1) is 11.8 Å². The predicted octanol–water partition coefficient (Wildman–Crippen LogP) is 2.52. The predicted molar refractivity (Wildman–Crippen MR) is 63.8 cm³/mol. The highest BCUT2D eigenvalue weighted by atomic mass is 16.3. The summed E-state index contributed by atoms with van der Waals surface area (Å²) in [6.45, 7) is 3.67. The highest BCUT2D eigenvalue weighted by Gasteiger charge is 1.97. The molecule has 0 fully saturated rings. The number of pyridine rings is 2. The number of nitrogens with zero attached hydrogens (tertiary/aromatic N) is 2. The molecule has 0 saturated heterocycles. The second-order valence-corrected chi connectivity index (χ2v) is 3.40. The van der Waals surface area contributed by atoms with Crippen molar-refractivity contribution < 1.29 is 5.11 Å². The van der Waals surface area contributed by atoms with Gasteiger partial charge in [0.1, 0.15) is 0 Å². The second-order valence-electron chi connectivity index (χ2n) is 3.40. The Morgan fingerprint density at radius 2 is 1.62 bits per heavy atom. The van der Waals surface area contributed by atoms with Crippen LogP contribution >= 0.6 is 0 Å². The van der Waals surface area contributed by atoms with E-state index < -0.39 is 6.10 Å². The Morgan fingerprint density at radius 1 is 1.00 bits per heavy atom. The molecule has 3 nitrogen and oxygen atoms in total. The zero-order valence-electron chi connectivity index (χ0n) is 9.54. The van der Waals surface area contributed by atoms with Gasteiger partial charge >= 0.3 is 0 Å². The third-order valence-electron chi connectivity index (χ3n) is 1.93. The van der Waals surface area contributed by atoms with Gasteiger partial charge in [-0.05, 0) is 38.1 Å². The summed E-state index contributed by atoms with van der Waals surface area (Å²) < 4.78 is 0. The van der Waals surface area contributed by atoms with Crippen LogP contribution in [0, 0.1) is 6.92 Å². The quantitative estimate of drug-likeness (QED) is 0.796. The topological polar surface area (TPSA) is 46.0 Å². The van der Waals surface area contributed by atoms with Crippen LogP contribution in [-0.2, 0) is 0 Å². The Bertz CT molecular complexity index is 387. The van der Waals surface area contributed by atoms with Gasteiger partial charge < -0.3 is 5.11 Å². The van der Waals surface area contributed by atoms with E-state index in [1.54, 1.807) is 25.4 Å². The Kier molecular flexibility index (Phi) is 5.16. The molecule has 2 aromatic rings. The Morgan fingerprint density at radius 3 is 1.88 bits per heavy atom. The maximum Gasteiger partial charge on any atom is 0.0931 e. The molecule has 84 valence electrons. The second kappa shape index (κ2) is 6.69. The molecule has 0 amide bonds. The molecule has 2 rings (SSSR count). The average Bonchev–Trinajstić information content (AvgIpc) is 2.32. The van der Waals surface area contributed by atoms with Crippen molar-refractivity contribution in [3.63, 3.8) is 0 Å². The number of hydrogen-bond donors (Lipinski definition) is 1. The van der Waals surface area contributed by atoms with E-state index in [4.69, 9.17) is 5.11 Å². The van der Waals surface area contributed by atoms with Gasteiger partial charge in [-0.25, -0.2) is 0 Å². The van der Waals surface area contributed by atoms with Crippen molar-refractivity contribution in [2.24, 2.45) is 0 Å². The first kappa shape index (κ1) is 12.3. The molecule has 0 saturated carbocycles. The maximum atomic E-state index is 8.96. The molecular weight excluding hydrogens is 200 g/mol. The fourth-order valence-electron chi connectivity index (χ4n) is 1.07. The molecular formula is C13H16N2O. The molecule has 2 aromatic heterocycles. The van der Waals surface area contributed by atoms with Crippen molar-refractivity contribution in [2.45, 2.75) is 20.0 Å². The molecule has 1 N–H and O–H groups in total. The van der Waals surface area contributed by atoms with Gasteiger partial charge in [-0.1, -0.05) is 12.1 Å². The average molecular weight is 216 g/mol. The van der Waals surface area contributed by atoms with Crippen LogP contribution in [-0.4, -0.2) is 15.1 Å². The number of rotatable bonds is 1. The van der Waals surface area contributed by atoms with E-state index >= 15 is 0 Å². The van der Waals surface area contributed by atoms with Crippen LogP contribution in [0.15, 0.2) is 48.8 Å². The van der Waals surface area contributed by atoms with E-state index in [0.717, 1.165) is 11.4 Å². The first-order chi connectivity index (χ1) is 7.70. The van der Waals surface area contributed by atoms with Gasteiger partial charge in [0.2, 0.25) is 0 Å². The van der Waals surface area contributed by atoms with Crippen molar-refractivity contribution >= 4 is 0 Å². The molecule has 16 heavy (non-hydrogen) atoms. The number of aliphatic hydroxyl groups excluding tert-OH is 1. The zero-order valence-corrected chi connectivity index (χ0v) is 9.54. The van der Waals surface area contributed by atoms with Crippen LogP contribution in [0.2, 0.25) is 0 Å². The van der Waals surface area contributed by atoms with E-state index in [1.165, 1.54) is 0 Å². The molecule has 1 atom stereocenters. The molecule has 0 bridgehead atoms. The van der Waals surface area contributed by atoms with Gasteiger partial charge in [0.15, 0.2) is 0 Å². The smallest absolute Gasteiger partial charge is 0.0931 e. The van der Waals surface area contributed by atoms with Gasteiger partial charge in [0.25, 0.3) is 0 Å². The first-order valence-corrected chi connectivity index (χ1v) is 5.17. The summed E-state index contributed by atoms with van der Waals surface area (Å²) in [5, 5.41) is 8.96. The van der Waals surface area contributed by atoms with Crippen LogP contribution < -0.4 is 0 Å². The van der Waals surface area contributed by atoms with E-state index in [-0.39, 0.29) is 0 Å². The monoisotopic (exact) mass is 216 g/mol. The lowest BCUT2D eigenvalue weighted by atomic mass is 10.2. The Hall–Kier alpha value is -1.74. The summed E-state index contributed by atoms with van der Waals surface area (Å²) in [5.74, 6) is 0. The molecule has 3 heteroatoms. The molecule has 0 unspecified atom stereocenters. The minimum Gasteiger partial charge on any atom is -0.387 e. The summed E-state index contributed by atoms with van der Waals surface area (Å²) in [5.41, 5.74) is 1.79. The van der Waals surface area contributed by atoms with Crippen LogP contribution in [0.4, 0.5) is 0 Å². The maximum absolute atomic E-state index is 8.96. The normalized spacial score (nSPS) is 11.2. The summed E-state index contributed by atoms with van der Waals surface area (Å²) in [4.78, 5) is 7.91. The number of aromatic nitrogens is 2. The molecule has 0 aliphatic rings. The fourth-order valence-corrected chi connectivity index (χ4v) is 1.07. The highest BCUT2D eigenvalue weighted by molar-refractivity contribution is 5.05. The molecule has 0 aliphatic carbocycles. The van der Waals surface area contributed by atoms with Gasteiger partial charge in [-0.3, -0.25) is 9.97 Å². The van der Waals surface area contributed by atoms with E-state index in [1.807, 2.05) is 37.3 Å². The highest BCUT2D eigenvalue weighted by Crippen LogP contribution is 2.05. The lowest BCUT2D eigenvalue weighted by molar-refractivity contribution is 0.194. The molecule has 0 aromatic carbocycles. The minimum atomic E-state index is -0.453. The van der Waals surface area contributed by atoms with Crippen LogP contribution in [0.1, 0.15) is 24.4 Å². The van der Waals surface area contributed by atoms with E-state index in [9.17, 15) is 0 Å². The van der Waals surface area contributed by atoms with Crippen molar-refractivity contribution in [1.29, 1.82) is 0 Å². The third kappa shape index (κ3) is 4.66. The molecule has 0 spiro atoms. The standard InChI is InChI=1S/C7H9NO.C6H7N/c1-6(9)7-4-2-3-5-8-7;1-6-4-2-3-5-7-6/h2-6,9H,1H3;2-5H,1H3/t6-;/m1./s1. The van der Waals surface area contributed by atoms with Crippen molar-refractivity contribution in [2.75, 3.05) is 0 Å². The summed E-state index contributed by atoms with van der Waals surface area (Å²) in [6.07, 6.45) is 3.00. The Labute approximate surface area is 95.8 Å². The molecule has 0 radical (unpaired) electrons. The minimum absolute atomic E-state index is 0.453. The van der Waals surface area contributed by atoms with Gasteiger partial charge in [-0.15, -0.1) is 0 Å². The van der Waals surface area contributed by atoms with Crippen molar-refractivity contribution in [3.05, 3.63) is 60.2 Å². The SMILES string of the molecule is C[C@@H](O)c1ccccn1.Cc1ccccn1. The van der Waals surface area contributed by atoms with Crippen LogP contribution in [0.5, 0.6) is 0 Å². The number of aryl methyl sites for hydroxylation is 1. The van der Waals surface area contributed by atoms with Crippen molar-refractivity contribution in [1.82, 2.24) is 9.97 Å². The first-order valence-electron chi connectivity index (χ1n) is 5.17. The van der Waals surface area contributed by atoms with Gasteiger partial charge in [-0.2, -0.15) is 0 Å². The van der Waals surface area contributed by atoms with Crippen LogP contribution in [0.25, 0.3) is 0 Å². The largest absolute Gasteiger partial charge is 0.387 e. The third-order valence-corrected chi connectivity index (χ3v) is 1.93. The number of aliphatic hydroxyl groups is 1. The molecule has 2 heterocycles. The Balaban J connectivity index is 0.000000165. The summed E-state index contributed by atoms with van der Waals surface area (Å²) in [7, 11) is 0. The fraction of sp³-hybridized carbons (Fsp3) is 0.231. The van der Waals surface area contributed by atoms with E-state index in [0.29, 0.717) is 0 Å². The van der Waals surface area contributed by atoms with Gasteiger partial charge in [0, 0.05) is 18.1 Å². The number of hydrogen-bond acceptors (Lipinski definition) is 3. The zero-order chi connectivity index (χ0) is 11.8. The lowest BCUT2D eigenvalue weighted by Crippen LogP contribution is -1.92. The van der Waals surface area contributed by atoms with Crippen LogP contribution in [0.3, 0.4) is 0 Å². The lowest BCUT2D eigenvalue weighted by Gasteiger charge is -1.99. The molecule has 0 aliphatic heterocycles. The van der Waals surface area contributed by atoms with E-state index in [2.05, 4.69) is 9.97 Å². The summed E-state index contributed by atoms with van der Waals surface area (Å²) >= 11 is 0.